The van der Waals surface area contributed by atoms with Gasteiger partial charge in [-0.1, -0.05) is 6.07 Å². The van der Waals surface area contributed by atoms with E-state index in [1.54, 1.807) is 55.7 Å². The van der Waals surface area contributed by atoms with Crippen LogP contribution in [0, 0.1) is 11.3 Å². The molecule has 0 aromatic heterocycles. The summed E-state index contributed by atoms with van der Waals surface area (Å²) in [5.41, 5.74) is 1.71. The monoisotopic (exact) mass is 408 g/mol. The second-order valence-corrected chi connectivity index (χ2v) is 6.67. The summed E-state index contributed by atoms with van der Waals surface area (Å²) in [6.07, 6.45) is 1.82. The van der Waals surface area contributed by atoms with Crippen molar-refractivity contribution in [2.45, 2.75) is 33.0 Å². The minimum Gasteiger partial charge on any atom is -0.493 e. The Balaban J connectivity index is 1.94. The van der Waals surface area contributed by atoms with Crippen LogP contribution in [0.15, 0.2) is 48.5 Å². The third-order valence-corrected chi connectivity index (χ3v) is 3.91. The van der Waals surface area contributed by atoms with Gasteiger partial charge in [-0.3, -0.25) is 4.79 Å². The van der Waals surface area contributed by atoms with Crippen molar-refractivity contribution < 1.29 is 23.8 Å². The molecule has 156 valence electrons. The van der Waals surface area contributed by atoms with E-state index in [1.807, 2.05) is 19.9 Å². The zero-order chi connectivity index (χ0) is 22.1. The number of hydrogen-bond donors (Lipinski definition) is 1. The quantitative estimate of drug-likeness (QED) is 0.525. The molecule has 7 nitrogen and oxygen atoms in total. The number of esters is 1. The van der Waals surface area contributed by atoms with Gasteiger partial charge < -0.3 is 19.5 Å². The molecule has 30 heavy (non-hydrogen) atoms. The smallest absolute Gasteiger partial charge is 0.331 e. The fraction of sp³-hybridized carbons (Fsp3) is 0.261. The van der Waals surface area contributed by atoms with Gasteiger partial charge in [-0.05, 0) is 68.8 Å². The highest BCUT2D eigenvalue weighted by atomic mass is 16.5. The molecule has 0 aliphatic rings. The summed E-state index contributed by atoms with van der Waals surface area (Å²) < 4.78 is 16.1. The van der Waals surface area contributed by atoms with E-state index in [0.717, 1.165) is 5.56 Å². The van der Waals surface area contributed by atoms with Crippen LogP contribution in [0.2, 0.25) is 0 Å². The van der Waals surface area contributed by atoms with Gasteiger partial charge in [-0.15, -0.1) is 0 Å². The number of nitriles is 1. The van der Waals surface area contributed by atoms with Gasteiger partial charge in [0.15, 0.2) is 17.6 Å². The molecule has 0 aliphatic carbocycles. The summed E-state index contributed by atoms with van der Waals surface area (Å²) in [7, 11) is 1.54. The maximum absolute atomic E-state index is 12.2. The van der Waals surface area contributed by atoms with Crippen LogP contribution >= 0.6 is 0 Å². The van der Waals surface area contributed by atoms with E-state index in [1.165, 1.54) is 13.0 Å². The largest absolute Gasteiger partial charge is 0.493 e. The van der Waals surface area contributed by atoms with Gasteiger partial charge in [0.2, 0.25) is 0 Å². The Hall–Kier alpha value is -3.79. The van der Waals surface area contributed by atoms with Crippen molar-refractivity contribution in [3.63, 3.8) is 0 Å². The second-order valence-electron chi connectivity index (χ2n) is 6.67. The molecular formula is C23H24N2O5. The minimum atomic E-state index is -0.992. The molecule has 1 atom stereocenters. The Morgan fingerprint density at radius 3 is 2.37 bits per heavy atom. The SMILES string of the molecule is COc1cc(/C=C/C(=O)O[C@@H](C)C(=O)Nc2ccc(C#N)cc2)ccc1OC(C)C. The number of nitrogens with one attached hydrogen (secondary N) is 1. The van der Waals surface area contributed by atoms with Gasteiger partial charge in [0.1, 0.15) is 0 Å². The average Bonchev–Trinajstić information content (AvgIpc) is 2.73. The molecule has 0 spiro atoms. The van der Waals surface area contributed by atoms with Crippen molar-refractivity contribution >= 4 is 23.6 Å². The van der Waals surface area contributed by atoms with Crippen LogP contribution in [0.5, 0.6) is 11.5 Å². The topological polar surface area (TPSA) is 97.6 Å². The molecule has 0 aliphatic heterocycles. The first-order chi connectivity index (χ1) is 14.3. The van der Waals surface area contributed by atoms with Crippen molar-refractivity contribution in [3.05, 3.63) is 59.7 Å². The van der Waals surface area contributed by atoms with E-state index in [0.29, 0.717) is 22.7 Å². The van der Waals surface area contributed by atoms with Gasteiger partial charge >= 0.3 is 5.97 Å². The van der Waals surface area contributed by atoms with Crippen molar-refractivity contribution in [3.8, 4) is 17.6 Å². The Morgan fingerprint density at radius 2 is 1.77 bits per heavy atom. The zero-order valence-electron chi connectivity index (χ0n) is 17.3. The fourth-order valence-corrected chi connectivity index (χ4v) is 2.44. The van der Waals surface area contributed by atoms with E-state index in [-0.39, 0.29) is 6.10 Å². The van der Waals surface area contributed by atoms with E-state index in [9.17, 15) is 9.59 Å². The van der Waals surface area contributed by atoms with Crippen molar-refractivity contribution in [2.75, 3.05) is 12.4 Å². The molecule has 1 amide bonds. The van der Waals surface area contributed by atoms with Crippen LogP contribution in [0.3, 0.4) is 0 Å². The normalized spacial score (nSPS) is 11.6. The highest BCUT2D eigenvalue weighted by Gasteiger charge is 2.16. The Bertz CT molecular complexity index is 959. The Kier molecular flexibility index (Phi) is 8.00. The number of carbonyl (C=O) groups is 2. The Morgan fingerprint density at radius 1 is 1.07 bits per heavy atom. The van der Waals surface area contributed by atoms with Gasteiger partial charge in [0.05, 0.1) is 24.8 Å². The number of ether oxygens (including phenoxy) is 3. The lowest BCUT2D eigenvalue weighted by atomic mass is 10.2. The second kappa shape index (κ2) is 10.7. The van der Waals surface area contributed by atoms with Crippen molar-refractivity contribution in [1.82, 2.24) is 0 Å². The number of hydrogen-bond acceptors (Lipinski definition) is 6. The summed E-state index contributed by atoms with van der Waals surface area (Å²) in [4.78, 5) is 24.2. The Labute approximate surface area is 175 Å². The van der Waals surface area contributed by atoms with Crippen LogP contribution in [-0.2, 0) is 14.3 Å². The maximum Gasteiger partial charge on any atom is 0.331 e. The van der Waals surface area contributed by atoms with Gasteiger partial charge in [0.25, 0.3) is 5.91 Å². The predicted molar refractivity (Wildman–Crippen MR) is 113 cm³/mol. The molecule has 0 unspecified atom stereocenters. The van der Waals surface area contributed by atoms with E-state index in [2.05, 4.69) is 5.32 Å². The van der Waals surface area contributed by atoms with Crippen LogP contribution in [-0.4, -0.2) is 31.2 Å². The summed E-state index contributed by atoms with van der Waals surface area (Å²) in [5.74, 6) is 0.0342. The van der Waals surface area contributed by atoms with Gasteiger partial charge in [-0.2, -0.15) is 5.26 Å². The third-order valence-electron chi connectivity index (χ3n) is 3.91. The molecular weight excluding hydrogens is 384 g/mol. The first-order valence-electron chi connectivity index (χ1n) is 9.36. The molecule has 2 aromatic rings. The van der Waals surface area contributed by atoms with Crippen LogP contribution in [0.4, 0.5) is 5.69 Å². The highest BCUT2D eigenvalue weighted by Crippen LogP contribution is 2.29. The molecule has 1 N–H and O–H groups in total. The van der Waals surface area contributed by atoms with E-state index < -0.39 is 18.0 Å². The summed E-state index contributed by atoms with van der Waals surface area (Å²) in [6.45, 7) is 5.32. The minimum absolute atomic E-state index is 0.00665. The molecule has 0 heterocycles. The van der Waals surface area contributed by atoms with E-state index in [4.69, 9.17) is 19.5 Å². The number of anilines is 1. The summed E-state index contributed by atoms with van der Waals surface area (Å²) >= 11 is 0. The molecule has 0 saturated carbocycles. The van der Waals surface area contributed by atoms with Crippen LogP contribution in [0.25, 0.3) is 6.08 Å². The lowest BCUT2D eigenvalue weighted by molar-refractivity contribution is -0.148. The highest BCUT2D eigenvalue weighted by molar-refractivity contribution is 5.96. The lowest BCUT2D eigenvalue weighted by Gasteiger charge is -2.14. The first kappa shape index (κ1) is 22.5. The zero-order valence-corrected chi connectivity index (χ0v) is 17.3. The number of benzene rings is 2. The molecule has 2 rings (SSSR count). The molecule has 0 fully saturated rings. The molecule has 0 radical (unpaired) electrons. The first-order valence-corrected chi connectivity index (χ1v) is 9.36. The number of methoxy groups -OCH3 is 1. The van der Waals surface area contributed by atoms with E-state index >= 15 is 0 Å². The molecule has 7 heteroatoms. The molecule has 0 bridgehead atoms. The van der Waals surface area contributed by atoms with Gasteiger partial charge in [0, 0.05) is 11.8 Å². The van der Waals surface area contributed by atoms with Crippen molar-refractivity contribution in [2.24, 2.45) is 0 Å². The fourth-order valence-electron chi connectivity index (χ4n) is 2.44. The standard InChI is InChI=1S/C23H24N2O5/c1-15(2)29-20-11-7-17(13-21(20)28-4)8-12-22(26)30-16(3)23(27)25-19-9-5-18(14-24)6-10-19/h5-13,15-16H,1-4H3,(H,25,27)/b12-8+/t16-/m0/s1. The number of nitrogens with zero attached hydrogens (tertiary/aromatic N) is 1. The summed E-state index contributed by atoms with van der Waals surface area (Å²) in [6, 6.07) is 13.7. The number of rotatable bonds is 8. The van der Waals surface area contributed by atoms with Crippen LogP contribution in [0.1, 0.15) is 31.9 Å². The summed E-state index contributed by atoms with van der Waals surface area (Å²) in [5, 5.41) is 11.4. The van der Waals surface area contributed by atoms with Gasteiger partial charge in [-0.25, -0.2) is 4.79 Å². The van der Waals surface area contributed by atoms with Crippen LogP contribution < -0.4 is 14.8 Å². The average molecular weight is 408 g/mol. The lowest BCUT2D eigenvalue weighted by Crippen LogP contribution is -2.29. The number of carbonyl (C=O) groups excluding carboxylic acids is 2. The van der Waals surface area contributed by atoms with Crippen molar-refractivity contribution in [1.29, 1.82) is 5.26 Å². The predicted octanol–water partition coefficient (Wildman–Crippen LogP) is 3.94. The number of amides is 1. The molecule has 0 saturated heterocycles. The molecule has 2 aromatic carbocycles. The third kappa shape index (κ3) is 6.67. The maximum atomic E-state index is 12.2.